The zero-order valence-corrected chi connectivity index (χ0v) is 20.7. The van der Waals surface area contributed by atoms with Gasteiger partial charge < -0.3 is 16.0 Å². The molecule has 7 nitrogen and oxygen atoms in total. The first-order chi connectivity index (χ1) is 16.2. The number of anilines is 1. The molecule has 0 aliphatic carbocycles. The van der Waals surface area contributed by atoms with Crippen LogP contribution in [-0.4, -0.2) is 32.0 Å². The molecular weight excluding hydrogens is 516 g/mol. The summed E-state index contributed by atoms with van der Waals surface area (Å²) < 4.78 is 40.7. The molecule has 0 aromatic heterocycles. The van der Waals surface area contributed by atoms with Crippen molar-refractivity contribution in [2.45, 2.75) is 24.0 Å². The zero-order chi connectivity index (χ0) is 24.5. The zero-order valence-electron chi connectivity index (χ0n) is 18.3. The quantitative estimate of drug-likeness (QED) is 0.517. The average Bonchev–Trinajstić information content (AvgIpc) is 2.87. The second-order valence-corrected chi connectivity index (χ2v) is 10.3. The van der Waals surface area contributed by atoms with E-state index < -0.39 is 39.3 Å². The van der Waals surface area contributed by atoms with E-state index in [-0.39, 0.29) is 41.6 Å². The van der Waals surface area contributed by atoms with Crippen LogP contribution in [0.5, 0.6) is 0 Å². The minimum absolute atomic E-state index is 0. The lowest BCUT2D eigenvalue weighted by Gasteiger charge is -2.25. The first-order valence-electron chi connectivity index (χ1n) is 10.4. The number of carbonyl (C=O) groups excluding carboxylic acids is 2. The highest BCUT2D eigenvalue weighted by Gasteiger charge is 2.37. The van der Waals surface area contributed by atoms with Gasteiger partial charge in [-0.15, -0.1) is 12.4 Å². The maximum Gasteiger partial charge on any atom is 0.254 e. The Labute approximate surface area is 213 Å². The normalized spacial score (nSPS) is 16.6. The summed E-state index contributed by atoms with van der Waals surface area (Å²) in [6.45, 7) is 0.107. The number of sulfone groups is 1. The van der Waals surface area contributed by atoms with Crippen molar-refractivity contribution in [2.24, 2.45) is 5.73 Å². The summed E-state index contributed by atoms with van der Waals surface area (Å²) in [5, 5.41) is 3.11. The van der Waals surface area contributed by atoms with Crippen molar-refractivity contribution in [3.63, 3.8) is 0 Å². The van der Waals surface area contributed by atoms with Gasteiger partial charge in [0.2, 0.25) is 5.91 Å². The molecular formula is C24H22Cl2FN3O4S. The summed E-state index contributed by atoms with van der Waals surface area (Å²) in [6.07, 6.45) is 0. The molecule has 0 saturated heterocycles. The molecule has 2 amide bonds. The van der Waals surface area contributed by atoms with Gasteiger partial charge in [0, 0.05) is 11.6 Å². The number of nitrogens with zero attached hydrogens (tertiary/aromatic N) is 1. The van der Waals surface area contributed by atoms with Crippen LogP contribution in [0.3, 0.4) is 0 Å². The molecule has 0 spiro atoms. The number of amides is 2. The second-order valence-electron chi connectivity index (χ2n) is 7.91. The van der Waals surface area contributed by atoms with Crippen molar-refractivity contribution in [1.29, 1.82) is 0 Å². The van der Waals surface area contributed by atoms with Crippen molar-refractivity contribution in [3.05, 3.63) is 94.3 Å². The molecule has 1 aliphatic heterocycles. The summed E-state index contributed by atoms with van der Waals surface area (Å²) in [5.74, 6) is -3.08. The van der Waals surface area contributed by atoms with Gasteiger partial charge in [0.15, 0.2) is 9.84 Å². The van der Waals surface area contributed by atoms with Crippen LogP contribution in [0.1, 0.15) is 21.5 Å². The summed E-state index contributed by atoms with van der Waals surface area (Å²) in [6, 6.07) is 16.2. The minimum Gasteiger partial charge on any atom is -0.348 e. The van der Waals surface area contributed by atoms with Gasteiger partial charge in [-0.25, -0.2) is 12.8 Å². The fourth-order valence-corrected chi connectivity index (χ4v) is 5.39. The SMILES string of the molecule is Cl.N[C@H]1CS(=O)(=O)c2cc(F)c(C(=O)NCc3ccccc3)cc2N(Cc2ccc(Cl)cc2)C1=O. The highest BCUT2D eigenvalue weighted by atomic mass is 35.5. The van der Waals surface area contributed by atoms with E-state index in [0.29, 0.717) is 10.6 Å². The lowest BCUT2D eigenvalue weighted by molar-refractivity contribution is -0.119. The molecule has 4 rings (SSSR count). The number of nitrogens with two attached hydrogens (primary N) is 1. The molecule has 11 heteroatoms. The van der Waals surface area contributed by atoms with Crippen molar-refractivity contribution in [3.8, 4) is 0 Å². The molecule has 184 valence electrons. The maximum absolute atomic E-state index is 14.9. The van der Waals surface area contributed by atoms with Crippen LogP contribution in [0.2, 0.25) is 5.02 Å². The minimum atomic E-state index is -4.09. The van der Waals surface area contributed by atoms with Gasteiger partial charge in [0.1, 0.15) is 5.82 Å². The fourth-order valence-electron chi connectivity index (χ4n) is 3.70. The average molecular weight is 538 g/mol. The summed E-state index contributed by atoms with van der Waals surface area (Å²) in [5.41, 5.74) is 6.86. The number of hydrogen-bond donors (Lipinski definition) is 2. The van der Waals surface area contributed by atoms with Gasteiger partial charge in [-0.1, -0.05) is 54.1 Å². The molecule has 0 bridgehead atoms. The Hall–Kier alpha value is -2.98. The lowest BCUT2D eigenvalue weighted by Crippen LogP contribution is -2.45. The third-order valence-electron chi connectivity index (χ3n) is 5.45. The summed E-state index contributed by atoms with van der Waals surface area (Å²) >= 11 is 5.93. The van der Waals surface area contributed by atoms with Gasteiger partial charge in [-0.3, -0.25) is 9.59 Å². The van der Waals surface area contributed by atoms with Crippen LogP contribution >= 0.6 is 24.0 Å². The Morgan fingerprint density at radius 1 is 1.09 bits per heavy atom. The van der Waals surface area contributed by atoms with E-state index in [0.717, 1.165) is 17.7 Å². The van der Waals surface area contributed by atoms with Crippen LogP contribution in [0.15, 0.2) is 71.6 Å². The number of hydrogen-bond acceptors (Lipinski definition) is 5. The number of fused-ring (bicyclic) bond motifs is 1. The van der Waals surface area contributed by atoms with Crippen molar-refractivity contribution >= 4 is 51.3 Å². The standard InChI is InChI=1S/C24H21ClFN3O4S.ClH/c25-17-8-6-16(7-9-17)13-29-21-10-18(23(30)28-12-15-4-2-1-3-5-15)19(26)11-22(21)34(32,33)14-20(27)24(29)31;/h1-11,20H,12-14,27H2,(H,28,30);1H/t20-;/m0./s1. The molecule has 3 aromatic rings. The monoisotopic (exact) mass is 537 g/mol. The number of rotatable bonds is 5. The molecule has 35 heavy (non-hydrogen) atoms. The number of benzene rings is 3. The molecule has 3 N–H and O–H groups in total. The highest BCUT2D eigenvalue weighted by Crippen LogP contribution is 2.34. The largest absolute Gasteiger partial charge is 0.348 e. The number of halogens is 3. The van der Waals surface area contributed by atoms with E-state index >= 15 is 0 Å². The second kappa shape index (κ2) is 10.7. The summed E-state index contributed by atoms with van der Waals surface area (Å²) in [4.78, 5) is 26.6. The molecule has 1 heterocycles. The number of nitrogens with one attached hydrogen (secondary N) is 1. The van der Waals surface area contributed by atoms with Gasteiger partial charge >= 0.3 is 0 Å². The van der Waals surface area contributed by atoms with Gasteiger partial charge in [-0.05, 0) is 35.4 Å². The Bertz CT molecular complexity index is 1350. The predicted molar refractivity (Wildman–Crippen MR) is 134 cm³/mol. The van der Waals surface area contributed by atoms with Crippen molar-refractivity contribution in [2.75, 3.05) is 10.7 Å². The Morgan fingerprint density at radius 3 is 2.40 bits per heavy atom. The molecule has 1 atom stereocenters. The third kappa shape index (κ3) is 5.82. The molecule has 0 unspecified atom stereocenters. The first kappa shape index (κ1) is 26.6. The van der Waals surface area contributed by atoms with E-state index in [9.17, 15) is 22.4 Å². The topological polar surface area (TPSA) is 110 Å². The smallest absolute Gasteiger partial charge is 0.254 e. The van der Waals surface area contributed by atoms with Gasteiger partial charge in [0.05, 0.1) is 34.5 Å². The van der Waals surface area contributed by atoms with Crippen LogP contribution in [0, 0.1) is 5.82 Å². The molecule has 0 saturated carbocycles. The third-order valence-corrected chi connectivity index (χ3v) is 7.50. The number of carbonyl (C=O) groups is 2. The Kier molecular flexibility index (Phi) is 8.17. The van der Waals surface area contributed by atoms with E-state index in [1.54, 1.807) is 48.5 Å². The lowest BCUT2D eigenvalue weighted by atomic mass is 10.1. The molecule has 0 fully saturated rings. The van der Waals surface area contributed by atoms with E-state index in [4.69, 9.17) is 17.3 Å². The van der Waals surface area contributed by atoms with Crippen LogP contribution in [0.4, 0.5) is 10.1 Å². The maximum atomic E-state index is 14.9. The Morgan fingerprint density at radius 2 is 1.74 bits per heavy atom. The predicted octanol–water partition coefficient (Wildman–Crippen LogP) is 3.48. The van der Waals surface area contributed by atoms with Crippen LogP contribution < -0.4 is 16.0 Å². The summed E-state index contributed by atoms with van der Waals surface area (Å²) in [7, 11) is -4.09. The molecule has 3 aromatic carbocycles. The van der Waals surface area contributed by atoms with E-state index in [1.807, 2.05) is 6.07 Å². The molecule has 1 aliphatic rings. The van der Waals surface area contributed by atoms with E-state index in [1.165, 1.54) is 4.90 Å². The van der Waals surface area contributed by atoms with Crippen molar-refractivity contribution < 1.29 is 22.4 Å². The first-order valence-corrected chi connectivity index (χ1v) is 12.4. The van der Waals surface area contributed by atoms with E-state index in [2.05, 4.69) is 5.32 Å². The van der Waals surface area contributed by atoms with Crippen molar-refractivity contribution in [1.82, 2.24) is 5.32 Å². The van der Waals surface area contributed by atoms with Gasteiger partial charge in [-0.2, -0.15) is 0 Å². The Balaban J connectivity index is 0.00000342. The van der Waals surface area contributed by atoms with Gasteiger partial charge in [0.25, 0.3) is 5.91 Å². The fraction of sp³-hybridized carbons (Fsp3) is 0.167. The van der Waals surface area contributed by atoms with Crippen LogP contribution in [-0.2, 0) is 27.7 Å². The highest BCUT2D eigenvalue weighted by molar-refractivity contribution is 7.91. The molecule has 0 radical (unpaired) electrons. The van der Waals surface area contributed by atoms with Crippen LogP contribution in [0.25, 0.3) is 0 Å².